The lowest BCUT2D eigenvalue weighted by atomic mass is 10.0. The summed E-state index contributed by atoms with van der Waals surface area (Å²) < 4.78 is 27.8. The largest absolute Gasteiger partial charge is 0.352 e. The molecule has 2 amide bonds. The highest BCUT2D eigenvalue weighted by atomic mass is 19.1. The molecule has 34 heavy (non-hydrogen) atoms. The van der Waals surface area contributed by atoms with Crippen LogP contribution in [0.1, 0.15) is 37.0 Å². The van der Waals surface area contributed by atoms with Gasteiger partial charge >= 0.3 is 0 Å². The van der Waals surface area contributed by atoms with Crippen LogP contribution in [0.15, 0.2) is 78.9 Å². The SMILES string of the molecule is CCC(C)NC(=O)C(Cc1ccccc1)N(Cc1ccc(F)cc1)C(=O)Cc1ccccc1F. The van der Waals surface area contributed by atoms with Crippen molar-refractivity contribution < 1.29 is 18.4 Å². The van der Waals surface area contributed by atoms with Gasteiger partial charge in [-0.1, -0.05) is 67.6 Å². The minimum Gasteiger partial charge on any atom is -0.352 e. The van der Waals surface area contributed by atoms with Crippen LogP contribution >= 0.6 is 0 Å². The summed E-state index contributed by atoms with van der Waals surface area (Å²) in [6.45, 7) is 3.97. The van der Waals surface area contributed by atoms with Gasteiger partial charge in [0, 0.05) is 19.0 Å². The number of benzene rings is 3. The Balaban J connectivity index is 1.97. The summed E-state index contributed by atoms with van der Waals surface area (Å²) in [7, 11) is 0. The van der Waals surface area contributed by atoms with Crippen LogP contribution in [0.25, 0.3) is 0 Å². The number of rotatable bonds is 10. The number of nitrogens with one attached hydrogen (secondary N) is 1. The maximum Gasteiger partial charge on any atom is 0.243 e. The first kappa shape index (κ1) is 25.1. The Kier molecular flexibility index (Phi) is 8.91. The van der Waals surface area contributed by atoms with Crippen molar-refractivity contribution in [1.29, 1.82) is 0 Å². The van der Waals surface area contributed by atoms with Crippen molar-refractivity contribution in [2.24, 2.45) is 0 Å². The predicted molar refractivity (Wildman–Crippen MR) is 129 cm³/mol. The zero-order valence-electron chi connectivity index (χ0n) is 19.5. The summed E-state index contributed by atoms with van der Waals surface area (Å²) in [5.74, 6) is -1.51. The van der Waals surface area contributed by atoms with Gasteiger partial charge < -0.3 is 10.2 Å². The van der Waals surface area contributed by atoms with Crippen molar-refractivity contribution in [2.45, 2.75) is 51.7 Å². The first-order valence-corrected chi connectivity index (χ1v) is 11.5. The fourth-order valence-corrected chi connectivity index (χ4v) is 3.69. The second kappa shape index (κ2) is 12.1. The molecule has 178 valence electrons. The molecular weight excluding hydrogens is 434 g/mol. The van der Waals surface area contributed by atoms with Gasteiger partial charge in [0.25, 0.3) is 0 Å². The van der Waals surface area contributed by atoms with Crippen LogP contribution in [-0.4, -0.2) is 28.8 Å². The number of hydrogen-bond acceptors (Lipinski definition) is 2. The molecule has 1 N–H and O–H groups in total. The maximum atomic E-state index is 14.3. The second-order valence-electron chi connectivity index (χ2n) is 8.44. The van der Waals surface area contributed by atoms with E-state index in [1.54, 1.807) is 30.3 Å². The molecule has 2 unspecified atom stereocenters. The average molecular weight is 465 g/mol. The number of halogens is 2. The molecule has 0 spiro atoms. The van der Waals surface area contributed by atoms with Gasteiger partial charge in [-0.05, 0) is 48.2 Å². The van der Waals surface area contributed by atoms with Crippen molar-refractivity contribution in [1.82, 2.24) is 10.2 Å². The highest BCUT2D eigenvalue weighted by molar-refractivity contribution is 5.89. The molecular formula is C28H30F2N2O2. The van der Waals surface area contributed by atoms with E-state index >= 15 is 0 Å². The number of amides is 2. The highest BCUT2D eigenvalue weighted by Gasteiger charge is 2.31. The van der Waals surface area contributed by atoms with E-state index in [0.29, 0.717) is 12.0 Å². The molecule has 0 aromatic heterocycles. The monoisotopic (exact) mass is 464 g/mol. The fraction of sp³-hybridized carbons (Fsp3) is 0.286. The molecule has 0 saturated carbocycles. The molecule has 3 rings (SSSR count). The Hall–Kier alpha value is -3.54. The lowest BCUT2D eigenvalue weighted by Gasteiger charge is -2.32. The molecule has 6 heteroatoms. The molecule has 0 bridgehead atoms. The van der Waals surface area contributed by atoms with Crippen LogP contribution in [0.2, 0.25) is 0 Å². The minimum absolute atomic E-state index is 0.0693. The van der Waals surface area contributed by atoms with Crippen LogP contribution in [0.5, 0.6) is 0 Å². The Morgan fingerprint density at radius 1 is 0.882 bits per heavy atom. The molecule has 3 aromatic carbocycles. The van der Waals surface area contributed by atoms with Gasteiger partial charge in [-0.3, -0.25) is 9.59 Å². The van der Waals surface area contributed by atoms with Gasteiger partial charge in [-0.15, -0.1) is 0 Å². The summed E-state index contributed by atoms with van der Waals surface area (Å²) in [6.07, 6.45) is 0.855. The van der Waals surface area contributed by atoms with Crippen LogP contribution in [0.3, 0.4) is 0 Å². The predicted octanol–water partition coefficient (Wildman–Crippen LogP) is 5.06. The van der Waals surface area contributed by atoms with Crippen LogP contribution in [0, 0.1) is 11.6 Å². The summed E-state index contributed by atoms with van der Waals surface area (Å²) in [5.41, 5.74) is 1.84. The van der Waals surface area contributed by atoms with E-state index in [-0.39, 0.29) is 42.2 Å². The zero-order chi connectivity index (χ0) is 24.5. The first-order chi connectivity index (χ1) is 16.4. The first-order valence-electron chi connectivity index (χ1n) is 11.5. The van der Waals surface area contributed by atoms with Crippen molar-refractivity contribution in [3.8, 4) is 0 Å². The fourth-order valence-electron chi connectivity index (χ4n) is 3.69. The van der Waals surface area contributed by atoms with Crippen LogP contribution in [0.4, 0.5) is 8.78 Å². The third kappa shape index (κ3) is 6.98. The molecule has 0 aliphatic rings. The summed E-state index contributed by atoms with van der Waals surface area (Å²) in [6, 6.07) is 20.5. The Morgan fingerprint density at radius 3 is 2.18 bits per heavy atom. The number of carbonyl (C=O) groups is 2. The smallest absolute Gasteiger partial charge is 0.243 e. The van der Waals surface area contributed by atoms with Crippen molar-refractivity contribution in [2.75, 3.05) is 0 Å². The number of hydrogen-bond donors (Lipinski definition) is 1. The molecule has 0 saturated heterocycles. The highest BCUT2D eigenvalue weighted by Crippen LogP contribution is 2.18. The summed E-state index contributed by atoms with van der Waals surface area (Å²) >= 11 is 0. The average Bonchev–Trinajstić information content (AvgIpc) is 2.84. The molecule has 4 nitrogen and oxygen atoms in total. The van der Waals surface area contributed by atoms with E-state index in [4.69, 9.17) is 0 Å². The molecule has 2 atom stereocenters. The van der Waals surface area contributed by atoms with Crippen molar-refractivity contribution in [3.05, 3.63) is 107 Å². The number of carbonyl (C=O) groups excluding carboxylic acids is 2. The summed E-state index contributed by atoms with van der Waals surface area (Å²) in [5, 5.41) is 2.99. The van der Waals surface area contributed by atoms with E-state index in [0.717, 1.165) is 12.0 Å². The van der Waals surface area contributed by atoms with E-state index in [2.05, 4.69) is 5.32 Å². The van der Waals surface area contributed by atoms with E-state index in [1.807, 2.05) is 44.2 Å². The maximum absolute atomic E-state index is 14.3. The van der Waals surface area contributed by atoms with Gasteiger partial charge in [-0.25, -0.2) is 8.78 Å². The number of nitrogens with zero attached hydrogens (tertiary/aromatic N) is 1. The van der Waals surface area contributed by atoms with Gasteiger partial charge in [0.05, 0.1) is 6.42 Å². The van der Waals surface area contributed by atoms with Crippen LogP contribution < -0.4 is 5.32 Å². The standard InChI is InChI=1S/C28H30F2N2O2/c1-3-20(2)31-28(34)26(17-21-9-5-4-6-10-21)32(19-22-13-15-24(29)16-14-22)27(33)18-23-11-7-8-12-25(23)30/h4-16,20,26H,3,17-19H2,1-2H3,(H,31,34). The van der Waals surface area contributed by atoms with Crippen LogP contribution in [-0.2, 0) is 29.0 Å². The van der Waals surface area contributed by atoms with E-state index < -0.39 is 11.9 Å². The zero-order valence-corrected chi connectivity index (χ0v) is 19.5. The summed E-state index contributed by atoms with van der Waals surface area (Å²) in [4.78, 5) is 28.4. The normalized spacial score (nSPS) is 12.6. The van der Waals surface area contributed by atoms with Crippen molar-refractivity contribution in [3.63, 3.8) is 0 Å². The molecule has 0 fully saturated rings. The molecule has 0 heterocycles. The van der Waals surface area contributed by atoms with Gasteiger partial charge in [0.1, 0.15) is 17.7 Å². The topological polar surface area (TPSA) is 49.4 Å². The molecule has 0 aliphatic carbocycles. The van der Waals surface area contributed by atoms with Gasteiger partial charge in [0.15, 0.2) is 0 Å². The van der Waals surface area contributed by atoms with Gasteiger partial charge in [-0.2, -0.15) is 0 Å². The lowest BCUT2D eigenvalue weighted by Crippen LogP contribution is -2.52. The Labute approximate surface area is 199 Å². The third-order valence-electron chi connectivity index (χ3n) is 5.84. The molecule has 3 aromatic rings. The lowest BCUT2D eigenvalue weighted by molar-refractivity contribution is -0.141. The molecule has 0 radical (unpaired) electrons. The van der Waals surface area contributed by atoms with E-state index in [9.17, 15) is 18.4 Å². The van der Waals surface area contributed by atoms with Crippen molar-refractivity contribution >= 4 is 11.8 Å². The van der Waals surface area contributed by atoms with E-state index in [1.165, 1.54) is 23.1 Å². The Morgan fingerprint density at radius 2 is 1.53 bits per heavy atom. The Bertz CT molecular complexity index is 1090. The molecule has 0 aliphatic heterocycles. The third-order valence-corrected chi connectivity index (χ3v) is 5.84. The quantitative estimate of drug-likeness (QED) is 0.456. The minimum atomic E-state index is -0.819. The second-order valence-corrected chi connectivity index (χ2v) is 8.44. The van der Waals surface area contributed by atoms with Gasteiger partial charge in [0.2, 0.25) is 11.8 Å².